The third kappa shape index (κ3) is 5.57. The van der Waals surface area contributed by atoms with Gasteiger partial charge in [0.2, 0.25) is 5.91 Å². The molecule has 0 spiro atoms. The van der Waals surface area contributed by atoms with Crippen LogP contribution >= 0.6 is 11.8 Å². The summed E-state index contributed by atoms with van der Waals surface area (Å²) in [6.45, 7) is 8.26. The number of anilines is 2. The molecule has 1 aliphatic heterocycles. The Morgan fingerprint density at radius 3 is 2.90 bits per heavy atom. The van der Waals surface area contributed by atoms with Crippen LogP contribution in [0.3, 0.4) is 0 Å². The van der Waals surface area contributed by atoms with E-state index in [0.29, 0.717) is 34.5 Å². The molecule has 2 heterocycles. The number of benzene rings is 1. The molecule has 0 atom stereocenters. The molecule has 0 aliphatic carbocycles. The lowest BCUT2D eigenvalue weighted by molar-refractivity contribution is -0.111. The van der Waals surface area contributed by atoms with E-state index in [1.54, 1.807) is 12.1 Å². The predicted octanol–water partition coefficient (Wildman–Crippen LogP) is 2.61. The predicted molar refractivity (Wildman–Crippen MR) is 119 cm³/mol. The van der Waals surface area contributed by atoms with Gasteiger partial charge in [0.25, 0.3) is 0 Å². The second-order valence-electron chi connectivity index (χ2n) is 6.55. The molecular formula is C21H24N6O2S. The van der Waals surface area contributed by atoms with Crippen molar-refractivity contribution in [3.63, 3.8) is 0 Å². The molecule has 3 rings (SSSR count). The van der Waals surface area contributed by atoms with Crippen LogP contribution in [0.1, 0.15) is 5.56 Å². The van der Waals surface area contributed by atoms with Crippen LogP contribution in [-0.2, 0) is 9.53 Å². The van der Waals surface area contributed by atoms with E-state index in [2.05, 4.69) is 38.1 Å². The van der Waals surface area contributed by atoms with Gasteiger partial charge in [0.15, 0.2) is 5.16 Å². The van der Waals surface area contributed by atoms with E-state index in [1.807, 2.05) is 18.4 Å². The summed E-state index contributed by atoms with van der Waals surface area (Å²) in [6, 6.07) is 9.46. The third-order valence-electron chi connectivity index (χ3n) is 4.60. The zero-order chi connectivity index (χ0) is 21.3. The largest absolute Gasteiger partial charge is 0.379 e. The first-order valence-corrected chi connectivity index (χ1v) is 10.8. The lowest BCUT2D eigenvalue weighted by atomic mass is 10.1. The minimum Gasteiger partial charge on any atom is -0.379 e. The van der Waals surface area contributed by atoms with E-state index in [1.165, 1.54) is 17.8 Å². The minimum atomic E-state index is -0.300. The number of nitrogens with one attached hydrogen (secondary N) is 2. The zero-order valence-electron chi connectivity index (χ0n) is 16.9. The molecule has 0 unspecified atom stereocenters. The molecule has 0 bridgehead atoms. The number of aromatic nitrogens is 2. The van der Waals surface area contributed by atoms with Crippen molar-refractivity contribution >= 4 is 29.2 Å². The summed E-state index contributed by atoms with van der Waals surface area (Å²) in [4.78, 5) is 23.0. The Hall–Kier alpha value is -2.93. The number of thioether (sulfide) groups is 1. The molecule has 30 heavy (non-hydrogen) atoms. The summed E-state index contributed by atoms with van der Waals surface area (Å²) in [5, 5.41) is 16.4. The van der Waals surface area contributed by atoms with Crippen molar-refractivity contribution in [2.75, 3.05) is 56.3 Å². The van der Waals surface area contributed by atoms with Crippen LogP contribution in [0.15, 0.2) is 42.1 Å². The first kappa shape index (κ1) is 21.8. The van der Waals surface area contributed by atoms with E-state index in [9.17, 15) is 10.1 Å². The van der Waals surface area contributed by atoms with E-state index >= 15 is 0 Å². The quantitative estimate of drug-likeness (QED) is 0.379. The van der Waals surface area contributed by atoms with Crippen LogP contribution in [-0.4, -0.2) is 66.4 Å². The fourth-order valence-electron chi connectivity index (χ4n) is 3.07. The van der Waals surface area contributed by atoms with Gasteiger partial charge in [0.05, 0.1) is 18.9 Å². The maximum absolute atomic E-state index is 11.6. The molecular weight excluding hydrogens is 400 g/mol. The highest BCUT2D eigenvalue weighted by atomic mass is 32.2. The van der Waals surface area contributed by atoms with Crippen LogP contribution in [0, 0.1) is 11.3 Å². The van der Waals surface area contributed by atoms with Crippen LogP contribution in [0.4, 0.5) is 11.5 Å². The van der Waals surface area contributed by atoms with Gasteiger partial charge >= 0.3 is 0 Å². The summed E-state index contributed by atoms with van der Waals surface area (Å²) >= 11 is 1.41. The lowest BCUT2D eigenvalue weighted by Crippen LogP contribution is -2.39. The Kier molecular flexibility index (Phi) is 7.79. The normalized spacial score (nSPS) is 14.0. The average molecular weight is 425 g/mol. The molecule has 9 heteroatoms. The lowest BCUT2D eigenvalue weighted by Gasteiger charge is -2.26. The Bertz CT molecular complexity index is 953. The van der Waals surface area contributed by atoms with Crippen LogP contribution in [0.5, 0.6) is 0 Å². The number of carbonyl (C=O) groups is 1. The molecule has 156 valence electrons. The minimum absolute atomic E-state index is 0.300. The highest BCUT2D eigenvalue weighted by molar-refractivity contribution is 7.98. The fraction of sp³-hybridized carbons (Fsp3) is 0.333. The van der Waals surface area contributed by atoms with Gasteiger partial charge in [-0.3, -0.25) is 9.69 Å². The number of carbonyl (C=O) groups excluding carboxylic acids is 1. The number of nitrogens with zero attached hydrogens (tertiary/aromatic N) is 4. The van der Waals surface area contributed by atoms with Gasteiger partial charge in [-0.2, -0.15) is 5.26 Å². The van der Waals surface area contributed by atoms with Crippen molar-refractivity contribution in [2.45, 2.75) is 5.16 Å². The number of ether oxygens (including phenoxy) is 1. The number of nitriles is 1. The molecule has 1 saturated heterocycles. The average Bonchev–Trinajstić information content (AvgIpc) is 2.79. The number of hydrogen-bond acceptors (Lipinski definition) is 8. The Balaban J connectivity index is 1.86. The fourth-order valence-corrected chi connectivity index (χ4v) is 3.43. The molecule has 8 nitrogen and oxygen atoms in total. The summed E-state index contributed by atoms with van der Waals surface area (Å²) in [5.74, 6) is 0.214. The highest BCUT2D eigenvalue weighted by Crippen LogP contribution is 2.29. The Morgan fingerprint density at radius 1 is 1.40 bits per heavy atom. The van der Waals surface area contributed by atoms with Gasteiger partial charge in [0.1, 0.15) is 17.5 Å². The van der Waals surface area contributed by atoms with Gasteiger partial charge in [-0.15, -0.1) is 0 Å². The first-order chi connectivity index (χ1) is 14.6. The van der Waals surface area contributed by atoms with Crippen LogP contribution in [0.25, 0.3) is 11.3 Å². The summed E-state index contributed by atoms with van der Waals surface area (Å²) in [7, 11) is 0. The van der Waals surface area contributed by atoms with E-state index in [0.717, 1.165) is 38.4 Å². The smallest absolute Gasteiger partial charge is 0.247 e. The molecule has 1 fully saturated rings. The van der Waals surface area contributed by atoms with Crippen molar-refractivity contribution in [1.82, 2.24) is 14.9 Å². The topological polar surface area (TPSA) is 103 Å². The molecule has 1 amide bonds. The molecule has 0 radical (unpaired) electrons. The number of hydrogen-bond donors (Lipinski definition) is 2. The van der Waals surface area contributed by atoms with Gasteiger partial charge in [-0.25, -0.2) is 9.97 Å². The monoisotopic (exact) mass is 424 g/mol. The van der Waals surface area contributed by atoms with Gasteiger partial charge < -0.3 is 15.4 Å². The molecule has 1 aliphatic rings. The second kappa shape index (κ2) is 10.7. The number of morpholine rings is 1. The van der Waals surface area contributed by atoms with E-state index in [4.69, 9.17) is 4.74 Å². The number of rotatable bonds is 8. The van der Waals surface area contributed by atoms with Gasteiger partial charge in [0, 0.05) is 37.4 Å². The SMILES string of the molecule is C=CC(=O)Nc1cccc(-c2nc(SC)nc(NCCN3CCOCC3)c2C#N)c1. The Morgan fingerprint density at radius 2 is 2.20 bits per heavy atom. The van der Waals surface area contributed by atoms with Crippen molar-refractivity contribution in [3.8, 4) is 17.3 Å². The maximum atomic E-state index is 11.6. The zero-order valence-corrected chi connectivity index (χ0v) is 17.7. The second-order valence-corrected chi connectivity index (χ2v) is 7.32. The van der Waals surface area contributed by atoms with Crippen molar-refractivity contribution in [3.05, 3.63) is 42.5 Å². The standard InChI is InChI=1S/C21H24N6O2S/c1-3-18(28)24-16-6-4-5-15(13-16)19-17(14-22)20(26-21(25-19)30-2)23-7-8-27-9-11-29-12-10-27/h3-6,13H,1,7-12H2,2H3,(H,24,28)(H,23,25,26). The Labute approximate surface area is 180 Å². The van der Waals surface area contributed by atoms with Crippen LogP contribution in [0.2, 0.25) is 0 Å². The van der Waals surface area contributed by atoms with E-state index in [-0.39, 0.29) is 5.91 Å². The van der Waals surface area contributed by atoms with E-state index < -0.39 is 0 Å². The summed E-state index contributed by atoms with van der Waals surface area (Å²) in [5.41, 5.74) is 2.23. The molecule has 1 aromatic carbocycles. The molecule has 2 N–H and O–H groups in total. The van der Waals surface area contributed by atoms with Gasteiger partial charge in [-0.1, -0.05) is 30.5 Å². The summed E-state index contributed by atoms with van der Waals surface area (Å²) in [6.07, 6.45) is 3.10. The van der Waals surface area contributed by atoms with Crippen molar-refractivity contribution in [1.29, 1.82) is 5.26 Å². The molecule has 1 aromatic heterocycles. The first-order valence-electron chi connectivity index (χ1n) is 9.58. The highest BCUT2D eigenvalue weighted by Gasteiger charge is 2.17. The van der Waals surface area contributed by atoms with Gasteiger partial charge in [-0.05, 0) is 24.5 Å². The van der Waals surface area contributed by atoms with Crippen molar-refractivity contribution in [2.24, 2.45) is 0 Å². The summed E-state index contributed by atoms with van der Waals surface area (Å²) < 4.78 is 5.38. The molecule has 0 saturated carbocycles. The third-order valence-corrected chi connectivity index (χ3v) is 5.14. The molecule has 2 aromatic rings. The maximum Gasteiger partial charge on any atom is 0.247 e. The van der Waals surface area contributed by atoms with Crippen molar-refractivity contribution < 1.29 is 9.53 Å². The van der Waals surface area contributed by atoms with Crippen LogP contribution < -0.4 is 10.6 Å². The number of amides is 1.